The highest BCUT2D eigenvalue weighted by atomic mass is 35.5. The van der Waals surface area contributed by atoms with Crippen LogP contribution in [0.2, 0.25) is 0 Å². The van der Waals surface area contributed by atoms with Gasteiger partial charge in [-0.1, -0.05) is 0 Å². The minimum absolute atomic E-state index is 0. The first kappa shape index (κ1) is 19.4. The number of likely N-dealkylation sites (N-methyl/N-ethyl adjacent to an activating group) is 1. The minimum atomic E-state index is -0.379. The van der Waals surface area contributed by atoms with Crippen molar-refractivity contribution in [3.05, 3.63) is 34.0 Å². The van der Waals surface area contributed by atoms with Gasteiger partial charge in [-0.25, -0.2) is 4.79 Å². The summed E-state index contributed by atoms with van der Waals surface area (Å²) < 4.78 is 6.76. The van der Waals surface area contributed by atoms with Gasteiger partial charge >= 0.3 is 5.97 Å². The Bertz CT molecular complexity index is 786. The molecule has 1 N–H and O–H groups in total. The molecule has 2 aromatic rings. The smallest absolute Gasteiger partial charge is 0.341 e. The van der Waals surface area contributed by atoms with E-state index in [9.17, 15) is 9.59 Å². The number of halogens is 1. The first-order valence-electron chi connectivity index (χ1n) is 7.80. The number of aromatic nitrogens is 2. The number of nitrogens with zero attached hydrogens (tertiary/aromatic N) is 3. The summed E-state index contributed by atoms with van der Waals surface area (Å²) in [7, 11) is 3.79. The SMILES string of the molecule is CCOC(=O)c1c(NC(=O)c2ccn(C)n2)sc2c1CCN(C)C2.Cl. The zero-order valence-electron chi connectivity index (χ0n) is 14.4. The normalized spacial score (nSPS) is 13.7. The lowest BCUT2D eigenvalue weighted by Gasteiger charge is -2.22. The summed E-state index contributed by atoms with van der Waals surface area (Å²) in [6, 6.07) is 1.64. The number of fused-ring (bicyclic) bond motifs is 1. The maximum Gasteiger partial charge on any atom is 0.341 e. The Labute approximate surface area is 156 Å². The molecule has 136 valence electrons. The number of hydrogen-bond donors (Lipinski definition) is 1. The molecule has 0 bridgehead atoms. The van der Waals surface area contributed by atoms with E-state index in [4.69, 9.17) is 4.74 Å². The summed E-state index contributed by atoms with van der Waals surface area (Å²) in [4.78, 5) is 28.1. The van der Waals surface area contributed by atoms with E-state index in [0.29, 0.717) is 22.9 Å². The minimum Gasteiger partial charge on any atom is -0.462 e. The highest BCUT2D eigenvalue weighted by Crippen LogP contribution is 2.37. The Morgan fingerprint density at radius 2 is 2.16 bits per heavy atom. The van der Waals surface area contributed by atoms with Crippen LogP contribution < -0.4 is 5.32 Å². The van der Waals surface area contributed by atoms with Gasteiger partial charge in [0.1, 0.15) is 5.00 Å². The second-order valence-corrected chi connectivity index (χ2v) is 6.85. The predicted molar refractivity (Wildman–Crippen MR) is 98.7 cm³/mol. The number of ether oxygens (including phenoxy) is 1. The van der Waals surface area contributed by atoms with Crippen molar-refractivity contribution < 1.29 is 14.3 Å². The molecule has 0 atom stereocenters. The molecule has 3 heterocycles. The molecular formula is C16H21ClN4O3S. The molecule has 0 radical (unpaired) electrons. The number of carbonyl (C=O) groups excluding carboxylic acids is 2. The highest BCUT2D eigenvalue weighted by molar-refractivity contribution is 7.17. The number of rotatable bonds is 4. The van der Waals surface area contributed by atoms with Crippen LogP contribution in [0.4, 0.5) is 5.00 Å². The van der Waals surface area contributed by atoms with Crippen LogP contribution in [0.15, 0.2) is 12.3 Å². The van der Waals surface area contributed by atoms with Crippen molar-refractivity contribution in [2.75, 3.05) is 25.5 Å². The van der Waals surface area contributed by atoms with Crippen LogP contribution in [0.3, 0.4) is 0 Å². The van der Waals surface area contributed by atoms with Crippen molar-refractivity contribution in [1.82, 2.24) is 14.7 Å². The highest BCUT2D eigenvalue weighted by Gasteiger charge is 2.29. The average Bonchev–Trinajstić information content (AvgIpc) is 3.10. The predicted octanol–water partition coefficient (Wildman–Crippen LogP) is 2.32. The number of carbonyl (C=O) groups is 2. The number of hydrogen-bond acceptors (Lipinski definition) is 6. The van der Waals surface area contributed by atoms with Crippen molar-refractivity contribution in [1.29, 1.82) is 0 Å². The lowest BCUT2D eigenvalue weighted by Crippen LogP contribution is -2.26. The van der Waals surface area contributed by atoms with Gasteiger partial charge in [0.05, 0.1) is 12.2 Å². The maximum absolute atomic E-state index is 12.4. The first-order valence-corrected chi connectivity index (χ1v) is 8.62. The molecule has 9 heteroatoms. The van der Waals surface area contributed by atoms with Gasteiger partial charge in [0, 0.05) is 31.2 Å². The van der Waals surface area contributed by atoms with Crippen molar-refractivity contribution in [3.63, 3.8) is 0 Å². The first-order chi connectivity index (χ1) is 11.5. The monoisotopic (exact) mass is 384 g/mol. The van der Waals surface area contributed by atoms with Gasteiger partial charge in [-0.15, -0.1) is 23.7 Å². The third-order valence-electron chi connectivity index (χ3n) is 3.90. The third-order valence-corrected chi connectivity index (χ3v) is 5.03. The van der Waals surface area contributed by atoms with Crippen LogP contribution in [-0.4, -0.2) is 46.8 Å². The van der Waals surface area contributed by atoms with Crippen LogP contribution in [0, 0.1) is 0 Å². The molecule has 1 aliphatic heterocycles. The second-order valence-electron chi connectivity index (χ2n) is 5.74. The van der Waals surface area contributed by atoms with Gasteiger partial charge in [0.15, 0.2) is 5.69 Å². The number of thiophene rings is 1. The van der Waals surface area contributed by atoms with E-state index in [0.717, 1.165) is 30.0 Å². The van der Waals surface area contributed by atoms with Crippen molar-refractivity contribution in [3.8, 4) is 0 Å². The lowest BCUT2D eigenvalue weighted by atomic mass is 10.0. The summed E-state index contributed by atoms with van der Waals surface area (Å²) in [6.45, 7) is 3.73. The van der Waals surface area contributed by atoms with Crippen LogP contribution in [0.25, 0.3) is 0 Å². The fourth-order valence-corrected chi connectivity index (χ4v) is 4.05. The fourth-order valence-electron chi connectivity index (χ4n) is 2.74. The van der Waals surface area contributed by atoms with Crippen LogP contribution in [0.5, 0.6) is 0 Å². The number of aryl methyl sites for hydroxylation is 1. The van der Waals surface area contributed by atoms with Crippen molar-refractivity contribution in [2.45, 2.75) is 19.9 Å². The topological polar surface area (TPSA) is 76.5 Å². The van der Waals surface area contributed by atoms with Crippen molar-refractivity contribution in [2.24, 2.45) is 7.05 Å². The van der Waals surface area contributed by atoms with Crippen LogP contribution >= 0.6 is 23.7 Å². The van der Waals surface area contributed by atoms with Gasteiger partial charge in [-0.05, 0) is 32.0 Å². The number of amides is 1. The van der Waals surface area contributed by atoms with Gasteiger partial charge in [0.2, 0.25) is 0 Å². The Morgan fingerprint density at radius 3 is 2.80 bits per heavy atom. The fraction of sp³-hybridized carbons (Fsp3) is 0.438. The third kappa shape index (κ3) is 4.02. The molecule has 25 heavy (non-hydrogen) atoms. The molecule has 0 aliphatic carbocycles. The molecule has 0 unspecified atom stereocenters. The molecule has 7 nitrogen and oxygen atoms in total. The van der Waals surface area contributed by atoms with Gasteiger partial charge in [-0.3, -0.25) is 9.48 Å². The Morgan fingerprint density at radius 1 is 1.40 bits per heavy atom. The second kappa shape index (κ2) is 7.99. The molecule has 1 amide bonds. The van der Waals surface area contributed by atoms with E-state index in [1.165, 1.54) is 11.3 Å². The summed E-state index contributed by atoms with van der Waals surface area (Å²) in [5, 5.41) is 7.48. The molecule has 0 spiro atoms. The van der Waals surface area contributed by atoms with E-state index in [1.807, 2.05) is 7.05 Å². The van der Waals surface area contributed by atoms with E-state index in [-0.39, 0.29) is 24.3 Å². The molecule has 0 saturated carbocycles. The summed E-state index contributed by atoms with van der Waals surface area (Å²) in [5.74, 6) is -0.705. The van der Waals surface area contributed by atoms with Gasteiger partial charge in [0.25, 0.3) is 5.91 Å². The molecule has 1 aliphatic rings. The summed E-state index contributed by atoms with van der Waals surface area (Å²) in [5.41, 5.74) is 1.80. The van der Waals surface area contributed by atoms with Gasteiger partial charge in [-0.2, -0.15) is 5.10 Å². The van der Waals surface area contributed by atoms with E-state index >= 15 is 0 Å². The maximum atomic E-state index is 12.4. The zero-order valence-corrected chi connectivity index (χ0v) is 16.0. The quantitative estimate of drug-likeness (QED) is 0.818. The number of nitrogens with one attached hydrogen (secondary N) is 1. The van der Waals surface area contributed by atoms with Crippen LogP contribution in [-0.2, 0) is 24.8 Å². The van der Waals surface area contributed by atoms with Crippen molar-refractivity contribution >= 4 is 40.6 Å². The number of anilines is 1. The van der Waals surface area contributed by atoms with E-state index in [2.05, 4.69) is 15.3 Å². The Hall–Kier alpha value is -1.90. The molecular weight excluding hydrogens is 364 g/mol. The van der Waals surface area contributed by atoms with E-state index in [1.54, 1.807) is 30.9 Å². The van der Waals surface area contributed by atoms with E-state index < -0.39 is 0 Å². The molecule has 0 fully saturated rings. The molecule has 3 rings (SSSR count). The summed E-state index contributed by atoms with van der Waals surface area (Å²) in [6.07, 6.45) is 2.48. The average molecular weight is 385 g/mol. The van der Waals surface area contributed by atoms with Crippen LogP contribution in [0.1, 0.15) is 38.2 Å². The van der Waals surface area contributed by atoms with Gasteiger partial charge < -0.3 is 15.0 Å². The summed E-state index contributed by atoms with van der Waals surface area (Å²) >= 11 is 1.44. The Balaban J connectivity index is 0.00000225. The standard InChI is InChI=1S/C16H20N4O3S.ClH/c1-4-23-16(22)13-10-5-7-19(2)9-12(10)24-15(13)17-14(21)11-6-8-20(3)18-11;/h6,8H,4-5,7,9H2,1-3H3,(H,17,21);1H. The largest absolute Gasteiger partial charge is 0.462 e. The lowest BCUT2D eigenvalue weighted by molar-refractivity contribution is 0.0526. The molecule has 0 saturated heterocycles. The molecule has 2 aromatic heterocycles. The number of esters is 1. The zero-order chi connectivity index (χ0) is 17.3. The Kier molecular flexibility index (Phi) is 6.21. The molecule has 0 aromatic carbocycles.